The Bertz CT molecular complexity index is 3770. The summed E-state index contributed by atoms with van der Waals surface area (Å²) in [6.07, 6.45) is 25.6. The molecule has 0 aromatic carbocycles. The third-order valence-corrected chi connectivity index (χ3v) is 16.9. The highest BCUT2D eigenvalue weighted by atomic mass is 16.3. The minimum atomic E-state index is -2.35. The van der Waals surface area contributed by atoms with Crippen molar-refractivity contribution < 1.29 is 19.4 Å². The summed E-state index contributed by atoms with van der Waals surface area (Å²) >= 11 is 0. The Labute approximate surface area is 498 Å². The van der Waals surface area contributed by atoms with Gasteiger partial charge in [-0.3, -0.25) is 9.67 Å². The lowest BCUT2D eigenvalue weighted by atomic mass is 9.88. The van der Waals surface area contributed by atoms with E-state index in [2.05, 4.69) is 99.7 Å². The highest BCUT2D eigenvalue weighted by Gasteiger charge is 2.36. The van der Waals surface area contributed by atoms with E-state index < -0.39 is 6.98 Å². The molecule has 2 aliphatic carbocycles. The summed E-state index contributed by atoms with van der Waals surface area (Å²) in [5, 5.41) is 72.6. The molecule has 0 spiro atoms. The number of hydrogen-bond acceptors (Lipinski definition) is 20. The third kappa shape index (κ3) is 13.7. The fourth-order valence-corrected chi connectivity index (χ4v) is 11.8. The topological polar surface area (TPSA) is 260 Å². The van der Waals surface area contributed by atoms with Crippen LogP contribution in [0.4, 0.5) is 28.8 Å². The molecule has 14 rings (SSSR count). The standard InChI is InChI=1S/C23H28N6O.C21H24N6O.C19H21N7O/c1-15(2)17-5-4-10-29(14-17)22-9-8-20(27-28-22)23-21(30)11-19(13-25-23)26-18-7-6-16(3)24-12-18;1-26-12-17(11-23-26)16-9-19(28)21(22-10-16)18-6-7-20(25-24-18)27-8-2-3-15(13-27)14-4-5-14;27-17-10-15(26-21-7-8-22-26)11-20-19(17)16-5-6-18(24-23-16)25-9-1-2-14(12-25)13-3-4-13/h6-9,11-13,15,17,26,30H,4-5,10,14H2,1-3H3;6-7,9-12,14-15,28H,2-5,8,13H2,1H3;5-8,10-11,13-14,27H,1-4,9,12H2/t17-;15-;14-/m011/s1/i;1D3;. The molecule has 85 heavy (non-hydrogen) atoms. The fraction of sp³-hybridized carbons (Fsp3) is 0.413. The predicted molar refractivity (Wildman–Crippen MR) is 325 cm³/mol. The minimum absolute atomic E-state index is 0.0265. The number of anilines is 5. The smallest absolute Gasteiger partial charge is 0.151 e. The van der Waals surface area contributed by atoms with Gasteiger partial charge in [0.2, 0.25) is 0 Å². The molecule has 22 nitrogen and oxygen atoms in total. The third-order valence-electron chi connectivity index (χ3n) is 16.9. The summed E-state index contributed by atoms with van der Waals surface area (Å²) in [6.45, 7) is 10.3. The number of aryl methyl sites for hydroxylation is 2. The maximum Gasteiger partial charge on any atom is 0.151 e. The van der Waals surface area contributed by atoms with Crippen LogP contribution >= 0.6 is 0 Å². The average molecular weight is 1150 g/mol. The van der Waals surface area contributed by atoms with Gasteiger partial charge in [-0.15, -0.1) is 35.4 Å². The number of rotatable bonds is 13. The number of piperidine rings is 3. The van der Waals surface area contributed by atoms with Crippen molar-refractivity contribution in [2.75, 3.05) is 59.3 Å². The molecule has 0 bridgehead atoms. The minimum Gasteiger partial charge on any atom is -0.506 e. The first-order chi connectivity index (χ1) is 42.6. The molecule has 9 aromatic heterocycles. The summed E-state index contributed by atoms with van der Waals surface area (Å²) in [6, 6.07) is 20.1. The Morgan fingerprint density at radius 3 is 1.52 bits per heavy atom. The van der Waals surface area contributed by atoms with Gasteiger partial charge in [0.25, 0.3) is 0 Å². The van der Waals surface area contributed by atoms with Gasteiger partial charge in [-0.05, 0) is 161 Å². The zero-order valence-electron chi connectivity index (χ0n) is 51.1. The van der Waals surface area contributed by atoms with E-state index in [-0.39, 0.29) is 17.2 Å². The number of nitrogens with zero attached hydrogens (tertiary/aromatic N) is 18. The molecule has 3 atom stereocenters. The van der Waals surface area contributed by atoms with Gasteiger partial charge in [0.1, 0.15) is 57.1 Å². The van der Waals surface area contributed by atoms with Crippen LogP contribution in [0.3, 0.4) is 0 Å². The van der Waals surface area contributed by atoms with E-state index in [1.807, 2.05) is 55.5 Å². The predicted octanol–water partition coefficient (Wildman–Crippen LogP) is 10.3. The van der Waals surface area contributed by atoms with E-state index >= 15 is 0 Å². The second-order valence-corrected chi connectivity index (χ2v) is 23.3. The van der Waals surface area contributed by atoms with Crippen LogP contribution in [0.1, 0.15) is 87.9 Å². The van der Waals surface area contributed by atoms with E-state index in [4.69, 9.17) is 4.11 Å². The van der Waals surface area contributed by atoms with E-state index in [9.17, 15) is 15.3 Å². The first-order valence-corrected chi connectivity index (χ1v) is 29.6. The van der Waals surface area contributed by atoms with E-state index in [1.165, 1.54) is 87.5 Å². The van der Waals surface area contributed by atoms with Crippen LogP contribution in [-0.4, -0.2) is 130 Å². The molecule has 0 radical (unpaired) electrons. The molecule has 12 heterocycles. The van der Waals surface area contributed by atoms with Gasteiger partial charge >= 0.3 is 0 Å². The molecule has 5 aliphatic rings. The first-order valence-electron chi connectivity index (χ1n) is 31.1. The number of hydrogen-bond donors (Lipinski definition) is 4. The average Bonchev–Trinajstić information content (AvgIpc) is 4.55. The second-order valence-electron chi connectivity index (χ2n) is 23.3. The Morgan fingerprint density at radius 1 is 0.506 bits per heavy atom. The Balaban J connectivity index is 0.000000129. The fourth-order valence-electron chi connectivity index (χ4n) is 11.8. The first kappa shape index (κ1) is 52.6. The SMILES string of the molecule is Cc1ccc(Nc2cnc(-c3ccc(N4CCC[C@H](C(C)C)C4)nn3)c(O)c2)cn1.Oc1cc(-n2nccn2)cnc1-c1ccc(N2CCC[C@@H](C3CC3)C2)nn1.[2H]C([2H])([2H])n1cc(-c2cnc(-c3ccc(N4CCC[C@@H](C5CC5)C4)nn3)c(O)c2)cn1. The molecule has 2 saturated carbocycles. The van der Waals surface area contributed by atoms with Crippen LogP contribution in [-0.2, 0) is 6.98 Å². The lowest BCUT2D eigenvalue weighted by Gasteiger charge is -2.35. The summed E-state index contributed by atoms with van der Waals surface area (Å²) in [4.78, 5) is 25.7. The summed E-state index contributed by atoms with van der Waals surface area (Å²) in [7, 11) is 0. The number of aromatic hydroxyl groups is 3. The van der Waals surface area contributed by atoms with Crippen LogP contribution in [0.15, 0.2) is 116 Å². The molecule has 3 saturated heterocycles. The van der Waals surface area contributed by atoms with Crippen molar-refractivity contribution >= 4 is 28.8 Å². The molecular weight excluding hydrogens is 1070 g/mol. The largest absolute Gasteiger partial charge is 0.506 e. The van der Waals surface area contributed by atoms with Crippen LogP contribution in [0.2, 0.25) is 0 Å². The van der Waals surface area contributed by atoms with E-state index in [0.29, 0.717) is 68.5 Å². The maximum absolute atomic E-state index is 10.5. The van der Waals surface area contributed by atoms with Gasteiger partial charge in [0.15, 0.2) is 17.5 Å². The van der Waals surface area contributed by atoms with Crippen molar-refractivity contribution in [3.8, 4) is 68.2 Å². The van der Waals surface area contributed by atoms with Gasteiger partial charge < -0.3 is 35.3 Å². The normalized spacial score (nSPS) is 19.4. The highest BCUT2D eigenvalue weighted by Crippen LogP contribution is 2.43. The van der Waals surface area contributed by atoms with E-state index in [0.717, 1.165) is 96.5 Å². The molecule has 0 amide bonds. The zero-order valence-corrected chi connectivity index (χ0v) is 48.1. The monoisotopic (exact) mass is 1150 g/mol. The molecule has 9 aromatic rings. The van der Waals surface area contributed by atoms with Gasteiger partial charge in [-0.1, -0.05) is 13.8 Å². The van der Waals surface area contributed by atoms with Crippen molar-refractivity contribution in [2.45, 2.75) is 85.0 Å². The maximum atomic E-state index is 10.5. The molecule has 3 aliphatic heterocycles. The molecule has 438 valence electrons. The van der Waals surface area contributed by atoms with Crippen molar-refractivity contribution in [3.63, 3.8) is 0 Å². The summed E-state index contributed by atoms with van der Waals surface area (Å²) < 4.78 is 23.1. The Hall–Kier alpha value is -9.21. The number of pyridine rings is 4. The van der Waals surface area contributed by atoms with Gasteiger partial charge in [0, 0.05) is 91.7 Å². The zero-order chi connectivity index (χ0) is 60.9. The molecular formula is C63H73N19O3. The molecule has 22 heteroatoms. The van der Waals surface area contributed by atoms with Gasteiger partial charge in [-0.25, -0.2) is 15.0 Å². The van der Waals surface area contributed by atoms with Crippen LogP contribution in [0, 0.1) is 42.4 Å². The summed E-state index contributed by atoms with van der Waals surface area (Å²) in [5.74, 6) is 7.42. The lowest BCUT2D eigenvalue weighted by molar-refractivity contribution is 0.320. The van der Waals surface area contributed by atoms with Crippen molar-refractivity contribution in [1.29, 1.82) is 0 Å². The van der Waals surface area contributed by atoms with Crippen LogP contribution in [0.25, 0.3) is 51.0 Å². The van der Waals surface area contributed by atoms with Crippen LogP contribution < -0.4 is 20.0 Å². The second kappa shape index (κ2) is 25.3. The highest BCUT2D eigenvalue weighted by molar-refractivity contribution is 5.71. The van der Waals surface area contributed by atoms with E-state index in [1.54, 1.807) is 49.3 Å². The van der Waals surface area contributed by atoms with Gasteiger partial charge in [0.05, 0.1) is 48.6 Å². The Morgan fingerprint density at radius 2 is 1.04 bits per heavy atom. The molecule has 5 fully saturated rings. The quantitative estimate of drug-likeness (QED) is 0.0836. The molecule has 0 unspecified atom stereocenters. The van der Waals surface area contributed by atoms with Crippen LogP contribution in [0.5, 0.6) is 17.2 Å². The number of aromatic nitrogens is 15. The molecule has 4 N–H and O–H groups in total. The van der Waals surface area contributed by atoms with Crippen molar-refractivity contribution in [2.24, 2.45) is 42.5 Å². The number of nitrogens with one attached hydrogen (secondary N) is 1. The van der Waals surface area contributed by atoms with Crippen molar-refractivity contribution in [1.82, 2.24) is 75.3 Å². The lowest BCUT2D eigenvalue weighted by Crippen LogP contribution is -2.37. The van der Waals surface area contributed by atoms with Crippen molar-refractivity contribution in [3.05, 3.63) is 122 Å². The van der Waals surface area contributed by atoms with Gasteiger partial charge in [-0.2, -0.15) is 15.3 Å². The Kier molecular flexibility index (Phi) is 15.7. The summed E-state index contributed by atoms with van der Waals surface area (Å²) in [5.41, 5.74) is 6.92.